The van der Waals surface area contributed by atoms with Gasteiger partial charge in [-0.25, -0.2) is 0 Å². The van der Waals surface area contributed by atoms with Crippen molar-refractivity contribution in [2.75, 3.05) is 14.1 Å². The highest BCUT2D eigenvalue weighted by Crippen LogP contribution is 2.15. The van der Waals surface area contributed by atoms with Crippen molar-refractivity contribution in [1.82, 2.24) is 9.80 Å². The molecule has 0 spiro atoms. The first-order chi connectivity index (χ1) is 18.7. The van der Waals surface area contributed by atoms with Gasteiger partial charge in [-0.15, -0.1) is 0 Å². The second-order valence-electron chi connectivity index (χ2n) is 10.2. The SMILES string of the molecule is CN(Cc1ccccc1)C(C#CC(CCc1ccccc1)N(C)Cc1ccccc1)CCc1ccccc1. The van der Waals surface area contributed by atoms with E-state index in [-0.39, 0.29) is 12.1 Å². The molecule has 2 unspecified atom stereocenters. The molecule has 0 saturated carbocycles. The van der Waals surface area contributed by atoms with Gasteiger partial charge < -0.3 is 0 Å². The number of nitrogens with zero attached hydrogens (tertiary/aromatic N) is 2. The molecule has 4 aromatic carbocycles. The van der Waals surface area contributed by atoms with Crippen LogP contribution >= 0.6 is 0 Å². The Morgan fingerprint density at radius 1 is 0.447 bits per heavy atom. The Bertz CT molecular complexity index is 1140. The lowest BCUT2D eigenvalue weighted by atomic mass is 10.0. The molecule has 2 heteroatoms. The van der Waals surface area contributed by atoms with Crippen LogP contribution in [0.15, 0.2) is 121 Å². The summed E-state index contributed by atoms with van der Waals surface area (Å²) in [5.41, 5.74) is 5.38. The van der Waals surface area contributed by atoms with E-state index in [9.17, 15) is 0 Å². The molecule has 2 atom stereocenters. The van der Waals surface area contributed by atoms with Gasteiger partial charge in [0.2, 0.25) is 0 Å². The van der Waals surface area contributed by atoms with Crippen molar-refractivity contribution in [2.24, 2.45) is 0 Å². The summed E-state index contributed by atoms with van der Waals surface area (Å²) in [6.07, 6.45) is 4.06. The van der Waals surface area contributed by atoms with Crippen molar-refractivity contribution in [1.29, 1.82) is 0 Å². The number of aryl methyl sites for hydroxylation is 2. The van der Waals surface area contributed by atoms with Crippen molar-refractivity contribution in [2.45, 2.75) is 50.9 Å². The van der Waals surface area contributed by atoms with Crippen LogP contribution in [0.5, 0.6) is 0 Å². The minimum atomic E-state index is 0.180. The second-order valence-corrected chi connectivity index (χ2v) is 10.2. The molecule has 0 aliphatic carbocycles. The molecule has 38 heavy (non-hydrogen) atoms. The Balaban J connectivity index is 1.53. The molecule has 4 aromatic rings. The van der Waals surface area contributed by atoms with Crippen LogP contribution in [0, 0.1) is 11.8 Å². The van der Waals surface area contributed by atoms with Gasteiger partial charge in [-0.2, -0.15) is 0 Å². The molecule has 0 bridgehead atoms. The van der Waals surface area contributed by atoms with Gasteiger partial charge in [-0.3, -0.25) is 9.80 Å². The molecule has 194 valence electrons. The van der Waals surface area contributed by atoms with Gasteiger partial charge in [0.1, 0.15) is 0 Å². The monoisotopic (exact) mass is 500 g/mol. The van der Waals surface area contributed by atoms with Crippen LogP contribution in [0.1, 0.15) is 35.1 Å². The van der Waals surface area contributed by atoms with E-state index in [1.54, 1.807) is 0 Å². The quantitative estimate of drug-likeness (QED) is 0.189. The van der Waals surface area contributed by atoms with E-state index in [2.05, 4.69) is 157 Å². The van der Waals surface area contributed by atoms with Gasteiger partial charge in [-0.1, -0.05) is 133 Å². The summed E-state index contributed by atoms with van der Waals surface area (Å²) in [5.74, 6) is 7.49. The van der Waals surface area contributed by atoms with Crippen molar-refractivity contribution in [3.63, 3.8) is 0 Å². The van der Waals surface area contributed by atoms with Crippen LogP contribution in [0.3, 0.4) is 0 Å². The molecule has 0 aromatic heterocycles. The third-order valence-corrected chi connectivity index (χ3v) is 7.13. The second kappa shape index (κ2) is 14.9. The Hall–Kier alpha value is -3.64. The van der Waals surface area contributed by atoms with E-state index in [0.717, 1.165) is 38.8 Å². The molecule has 0 saturated heterocycles. The smallest absolute Gasteiger partial charge is 0.0718 e. The zero-order valence-electron chi connectivity index (χ0n) is 22.8. The predicted molar refractivity (Wildman–Crippen MR) is 161 cm³/mol. The summed E-state index contributed by atoms with van der Waals surface area (Å²) in [6, 6.07) is 43.4. The average Bonchev–Trinajstić information content (AvgIpc) is 2.96. The summed E-state index contributed by atoms with van der Waals surface area (Å²) in [6.45, 7) is 1.78. The molecular weight excluding hydrogens is 460 g/mol. The fourth-order valence-corrected chi connectivity index (χ4v) is 4.86. The minimum absolute atomic E-state index is 0.180. The molecule has 0 radical (unpaired) electrons. The zero-order chi connectivity index (χ0) is 26.4. The van der Waals surface area contributed by atoms with E-state index >= 15 is 0 Å². The highest BCUT2D eigenvalue weighted by Gasteiger charge is 2.16. The first kappa shape index (κ1) is 27.4. The lowest BCUT2D eigenvalue weighted by molar-refractivity contribution is 0.261. The van der Waals surface area contributed by atoms with E-state index < -0.39 is 0 Å². The van der Waals surface area contributed by atoms with Crippen LogP contribution in [-0.2, 0) is 25.9 Å². The third-order valence-electron chi connectivity index (χ3n) is 7.13. The van der Waals surface area contributed by atoms with Gasteiger partial charge in [0.05, 0.1) is 12.1 Å². The van der Waals surface area contributed by atoms with E-state index in [4.69, 9.17) is 0 Å². The minimum Gasteiger partial charge on any atom is -0.289 e. The van der Waals surface area contributed by atoms with Crippen molar-refractivity contribution in [3.05, 3.63) is 144 Å². The molecule has 0 heterocycles. The van der Waals surface area contributed by atoms with Crippen molar-refractivity contribution < 1.29 is 0 Å². The molecule has 0 aliphatic heterocycles. The van der Waals surface area contributed by atoms with E-state index in [1.165, 1.54) is 22.3 Å². The predicted octanol–water partition coefficient (Wildman–Crippen LogP) is 7.26. The van der Waals surface area contributed by atoms with E-state index in [1.807, 2.05) is 0 Å². The van der Waals surface area contributed by atoms with Crippen LogP contribution in [0.2, 0.25) is 0 Å². The summed E-state index contributed by atoms with van der Waals surface area (Å²) in [4.78, 5) is 4.83. The molecule has 0 amide bonds. The van der Waals surface area contributed by atoms with Crippen LogP contribution in [-0.4, -0.2) is 36.0 Å². The molecule has 2 nitrogen and oxygen atoms in total. The van der Waals surface area contributed by atoms with Gasteiger partial charge in [-0.05, 0) is 62.0 Å². The van der Waals surface area contributed by atoms with Gasteiger partial charge >= 0.3 is 0 Å². The molecule has 0 fully saturated rings. The number of benzene rings is 4. The first-order valence-electron chi connectivity index (χ1n) is 13.7. The molecule has 0 N–H and O–H groups in total. The number of hydrogen-bond donors (Lipinski definition) is 0. The number of hydrogen-bond acceptors (Lipinski definition) is 2. The largest absolute Gasteiger partial charge is 0.289 e. The fraction of sp³-hybridized carbons (Fsp3) is 0.278. The Morgan fingerprint density at radius 2 is 0.737 bits per heavy atom. The van der Waals surface area contributed by atoms with Crippen LogP contribution in [0.25, 0.3) is 0 Å². The first-order valence-corrected chi connectivity index (χ1v) is 13.7. The summed E-state index contributed by atoms with van der Waals surface area (Å²) < 4.78 is 0. The average molecular weight is 501 g/mol. The summed E-state index contributed by atoms with van der Waals surface area (Å²) in [7, 11) is 4.42. The van der Waals surface area contributed by atoms with Gasteiger partial charge in [0, 0.05) is 13.1 Å². The molecule has 4 rings (SSSR count). The van der Waals surface area contributed by atoms with E-state index in [0.29, 0.717) is 0 Å². The lowest BCUT2D eigenvalue weighted by Gasteiger charge is -2.26. The Labute approximate surface area is 230 Å². The molecular formula is C36H40N2. The van der Waals surface area contributed by atoms with Gasteiger partial charge in [0.25, 0.3) is 0 Å². The third kappa shape index (κ3) is 9.03. The highest BCUT2D eigenvalue weighted by molar-refractivity contribution is 5.22. The summed E-state index contributed by atoms with van der Waals surface area (Å²) in [5, 5.41) is 0. The zero-order valence-corrected chi connectivity index (χ0v) is 22.8. The van der Waals surface area contributed by atoms with Crippen LogP contribution < -0.4 is 0 Å². The summed E-state index contributed by atoms with van der Waals surface area (Å²) >= 11 is 0. The Morgan fingerprint density at radius 3 is 1.05 bits per heavy atom. The Kier molecular flexibility index (Phi) is 10.8. The topological polar surface area (TPSA) is 6.48 Å². The normalized spacial score (nSPS) is 12.6. The lowest BCUT2D eigenvalue weighted by Crippen LogP contribution is -2.33. The fourth-order valence-electron chi connectivity index (χ4n) is 4.86. The number of rotatable bonds is 12. The highest BCUT2D eigenvalue weighted by atomic mass is 15.1. The van der Waals surface area contributed by atoms with Crippen molar-refractivity contribution >= 4 is 0 Å². The van der Waals surface area contributed by atoms with Gasteiger partial charge in [0.15, 0.2) is 0 Å². The van der Waals surface area contributed by atoms with Crippen molar-refractivity contribution in [3.8, 4) is 11.8 Å². The maximum atomic E-state index is 3.75. The van der Waals surface area contributed by atoms with Crippen LogP contribution in [0.4, 0.5) is 0 Å². The molecule has 0 aliphatic rings. The maximum absolute atomic E-state index is 3.75. The maximum Gasteiger partial charge on any atom is 0.0718 e. The standard InChI is InChI=1S/C36H40N2/c1-37(29-33-19-11-5-12-20-33)35(25-23-31-15-7-3-8-16-31)27-28-36(26-24-32-17-9-4-10-18-32)38(2)30-34-21-13-6-14-22-34/h3-22,35-36H,23-26,29-30H2,1-2H3.